The second kappa shape index (κ2) is 8.78. The summed E-state index contributed by atoms with van der Waals surface area (Å²) in [6.07, 6.45) is 1.72. The highest BCUT2D eigenvalue weighted by atomic mass is 32.2. The van der Waals surface area contributed by atoms with Crippen LogP contribution in [0.2, 0.25) is 0 Å². The Kier molecular flexibility index (Phi) is 7.84. The van der Waals surface area contributed by atoms with Crippen LogP contribution in [0, 0.1) is 5.41 Å². The minimum atomic E-state index is -1.17. The van der Waals surface area contributed by atoms with Gasteiger partial charge in [0.05, 0.1) is 27.9 Å². The highest BCUT2D eigenvalue weighted by Crippen LogP contribution is 2.32. The Morgan fingerprint density at radius 3 is 2.28 bits per heavy atom. The zero-order valence-electron chi connectivity index (χ0n) is 16.8. The molecule has 1 aromatic rings. The molecule has 0 spiro atoms. The van der Waals surface area contributed by atoms with E-state index in [1.54, 1.807) is 6.07 Å². The molecule has 0 aliphatic rings. The normalized spacial score (nSPS) is 15.2. The largest absolute Gasteiger partial charge is 0.459 e. The number of thiophene rings is 1. The number of esters is 1. The van der Waals surface area contributed by atoms with Crippen molar-refractivity contribution in [2.24, 2.45) is 5.41 Å². The summed E-state index contributed by atoms with van der Waals surface area (Å²) in [4.78, 5) is 13.7. The Labute approximate surface area is 159 Å². The van der Waals surface area contributed by atoms with Crippen molar-refractivity contribution in [3.05, 3.63) is 21.9 Å². The maximum Gasteiger partial charge on any atom is 0.348 e. The Hall–Kier alpha value is -0.720. The van der Waals surface area contributed by atoms with E-state index in [4.69, 9.17) is 4.74 Å². The molecule has 0 bridgehead atoms. The molecule has 0 amide bonds. The molecule has 4 nitrogen and oxygen atoms in total. The van der Waals surface area contributed by atoms with Gasteiger partial charge in [-0.3, -0.25) is 0 Å². The summed E-state index contributed by atoms with van der Waals surface area (Å²) in [5.41, 5.74) is 0.194. The summed E-state index contributed by atoms with van der Waals surface area (Å²) < 4.78 is 20.8. The molecule has 0 fully saturated rings. The van der Waals surface area contributed by atoms with Gasteiger partial charge in [-0.05, 0) is 65.0 Å². The Morgan fingerprint density at radius 2 is 1.80 bits per heavy atom. The fourth-order valence-corrected chi connectivity index (χ4v) is 3.97. The molecule has 1 heterocycles. The first-order valence-corrected chi connectivity index (χ1v) is 10.7. The van der Waals surface area contributed by atoms with Gasteiger partial charge in [-0.25, -0.2) is 13.7 Å². The topological polar surface area (TPSA) is 55.4 Å². The van der Waals surface area contributed by atoms with Gasteiger partial charge in [0.25, 0.3) is 0 Å². The molecule has 1 rings (SSSR count). The number of nitrogens with one attached hydrogen (secondary N) is 1. The van der Waals surface area contributed by atoms with Gasteiger partial charge in [0, 0.05) is 4.88 Å². The molecule has 0 aliphatic carbocycles. The lowest BCUT2D eigenvalue weighted by molar-refractivity contribution is 0.0384. The van der Waals surface area contributed by atoms with Crippen LogP contribution in [-0.2, 0) is 15.7 Å². The molecule has 25 heavy (non-hydrogen) atoms. The highest BCUT2D eigenvalue weighted by Gasteiger charge is 2.26. The Bertz CT molecular complexity index is 595. The van der Waals surface area contributed by atoms with Crippen molar-refractivity contribution in [3.63, 3.8) is 0 Å². The smallest absolute Gasteiger partial charge is 0.348 e. The van der Waals surface area contributed by atoms with E-state index in [0.717, 1.165) is 17.7 Å². The van der Waals surface area contributed by atoms with Crippen LogP contribution in [0.5, 0.6) is 0 Å². The van der Waals surface area contributed by atoms with Crippen molar-refractivity contribution < 1.29 is 13.7 Å². The van der Waals surface area contributed by atoms with E-state index in [1.807, 2.05) is 40.7 Å². The summed E-state index contributed by atoms with van der Waals surface area (Å²) in [5.74, 6) is -0.294. The number of hydrogen-bond acceptors (Lipinski definition) is 4. The summed E-state index contributed by atoms with van der Waals surface area (Å²) >= 11 is 1.42. The van der Waals surface area contributed by atoms with Gasteiger partial charge in [0.1, 0.15) is 4.88 Å². The lowest BCUT2D eigenvalue weighted by atomic mass is 9.88. The summed E-state index contributed by atoms with van der Waals surface area (Å²) in [6, 6.07) is 3.71. The van der Waals surface area contributed by atoms with Crippen LogP contribution in [0.1, 0.15) is 88.8 Å². The monoisotopic (exact) mass is 387 g/mol. The average Bonchev–Trinajstić information content (AvgIpc) is 2.89. The van der Waals surface area contributed by atoms with Crippen molar-refractivity contribution in [2.45, 2.75) is 85.1 Å². The molecular formula is C19H33NO3S2. The van der Waals surface area contributed by atoms with Crippen LogP contribution < -0.4 is 4.72 Å². The second-order valence-electron chi connectivity index (χ2n) is 8.81. The molecule has 0 saturated carbocycles. The third-order valence-electron chi connectivity index (χ3n) is 3.50. The SMILES string of the molecule is CC(C)OC(=O)c1ccc(C(CCC(C)(C)C)NS(=O)C(C)(C)C)s1. The number of rotatable bonds is 7. The predicted molar refractivity (Wildman–Crippen MR) is 107 cm³/mol. The molecule has 6 heteroatoms. The molecule has 2 atom stereocenters. The zero-order chi connectivity index (χ0) is 19.4. The van der Waals surface area contributed by atoms with Gasteiger partial charge in [0.15, 0.2) is 0 Å². The summed E-state index contributed by atoms with van der Waals surface area (Å²) in [7, 11) is -1.17. The molecule has 1 aromatic heterocycles. The van der Waals surface area contributed by atoms with E-state index in [-0.39, 0.29) is 28.3 Å². The first-order chi connectivity index (χ1) is 11.3. The molecule has 1 N–H and O–H groups in total. The lowest BCUT2D eigenvalue weighted by Crippen LogP contribution is -2.35. The summed E-state index contributed by atoms with van der Waals surface area (Å²) in [6.45, 7) is 16.1. The van der Waals surface area contributed by atoms with Crippen LogP contribution in [0.3, 0.4) is 0 Å². The van der Waals surface area contributed by atoms with E-state index >= 15 is 0 Å². The number of ether oxygens (including phenoxy) is 1. The standard InChI is InChI=1S/C19H33NO3S2/c1-13(2)23-17(21)16-10-9-15(24-16)14(11-12-18(3,4)5)20-25(22)19(6,7)8/h9-10,13-14,20H,11-12H2,1-8H3. The van der Waals surface area contributed by atoms with Crippen molar-refractivity contribution >= 4 is 28.3 Å². The van der Waals surface area contributed by atoms with E-state index in [2.05, 4.69) is 25.5 Å². The van der Waals surface area contributed by atoms with E-state index in [0.29, 0.717) is 4.88 Å². The maximum atomic E-state index is 12.6. The number of hydrogen-bond donors (Lipinski definition) is 1. The van der Waals surface area contributed by atoms with E-state index < -0.39 is 11.0 Å². The molecule has 2 unspecified atom stereocenters. The first kappa shape index (κ1) is 22.3. The number of carbonyl (C=O) groups excluding carboxylic acids is 1. The van der Waals surface area contributed by atoms with Crippen LogP contribution in [0.15, 0.2) is 12.1 Å². The minimum absolute atomic E-state index is 0.0371. The van der Waals surface area contributed by atoms with Gasteiger partial charge >= 0.3 is 5.97 Å². The third kappa shape index (κ3) is 8.01. The number of carbonyl (C=O) groups is 1. The average molecular weight is 388 g/mol. The van der Waals surface area contributed by atoms with Crippen LogP contribution >= 0.6 is 11.3 Å². The molecular weight excluding hydrogens is 354 g/mol. The van der Waals surface area contributed by atoms with Crippen molar-refractivity contribution in [3.8, 4) is 0 Å². The minimum Gasteiger partial charge on any atom is -0.459 e. The Balaban J connectivity index is 2.97. The molecule has 0 aliphatic heterocycles. The maximum absolute atomic E-state index is 12.6. The van der Waals surface area contributed by atoms with Crippen molar-refractivity contribution in [1.82, 2.24) is 4.72 Å². The highest BCUT2D eigenvalue weighted by molar-refractivity contribution is 7.84. The molecule has 0 aromatic carbocycles. The fourth-order valence-electron chi connectivity index (χ4n) is 2.06. The second-order valence-corrected chi connectivity index (χ2v) is 11.9. The van der Waals surface area contributed by atoms with E-state index in [9.17, 15) is 9.00 Å². The van der Waals surface area contributed by atoms with Crippen LogP contribution in [-0.4, -0.2) is 21.0 Å². The van der Waals surface area contributed by atoms with Crippen LogP contribution in [0.25, 0.3) is 0 Å². The quantitative estimate of drug-likeness (QED) is 0.652. The fraction of sp³-hybridized carbons (Fsp3) is 0.737. The van der Waals surface area contributed by atoms with Gasteiger partial charge < -0.3 is 4.74 Å². The predicted octanol–water partition coefficient (Wildman–Crippen LogP) is 5.23. The van der Waals surface area contributed by atoms with Gasteiger partial charge in [-0.15, -0.1) is 11.3 Å². The van der Waals surface area contributed by atoms with Crippen molar-refractivity contribution in [1.29, 1.82) is 0 Å². The lowest BCUT2D eigenvalue weighted by Gasteiger charge is -2.26. The Morgan fingerprint density at radius 1 is 1.20 bits per heavy atom. The first-order valence-electron chi connectivity index (χ1n) is 8.78. The molecule has 0 saturated heterocycles. The zero-order valence-corrected chi connectivity index (χ0v) is 18.4. The van der Waals surface area contributed by atoms with Gasteiger partial charge in [0.2, 0.25) is 0 Å². The third-order valence-corrected chi connectivity index (χ3v) is 6.29. The van der Waals surface area contributed by atoms with E-state index in [1.165, 1.54) is 11.3 Å². The van der Waals surface area contributed by atoms with Gasteiger partial charge in [-0.1, -0.05) is 20.8 Å². The van der Waals surface area contributed by atoms with Gasteiger partial charge in [-0.2, -0.15) is 0 Å². The molecule has 144 valence electrons. The van der Waals surface area contributed by atoms with Crippen LogP contribution in [0.4, 0.5) is 0 Å². The molecule has 0 radical (unpaired) electrons. The van der Waals surface area contributed by atoms with Crippen molar-refractivity contribution in [2.75, 3.05) is 0 Å². The summed E-state index contributed by atoms with van der Waals surface area (Å²) in [5, 5.41) is 0.